The van der Waals surface area contributed by atoms with Crippen molar-refractivity contribution in [3.05, 3.63) is 65.7 Å². The van der Waals surface area contributed by atoms with Crippen molar-refractivity contribution in [1.82, 2.24) is 10.2 Å². The molecule has 3 rings (SSSR count). The van der Waals surface area contributed by atoms with E-state index < -0.39 is 18.0 Å². The van der Waals surface area contributed by atoms with E-state index in [2.05, 4.69) is 17.6 Å². The number of hydrogen-bond acceptors (Lipinski definition) is 3. The molecule has 0 saturated carbocycles. The van der Waals surface area contributed by atoms with Crippen LogP contribution in [0.25, 0.3) is 0 Å². The molecule has 2 aromatic carbocycles. The fourth-order valence-electron chi connectivity index (χ4n) is 3.10. The van der Waals surface area contributed by atoms with Crippen LogP contribution in [0.4, 0.5) is 10.5 Å². The molecular weight excluding hydrogens is 342 g/mol. The summed E-state index contributed by atoms with van der Waals surface area (Å²) in [5.74, 6) is -0.778. The lowest BCUT2D eigenvalue weighted by Gasteiger charge is -2.13. The van der Waals surface area contributed by atoms with Crippen molar-refractivity contribution in [2.24, 2.45) is 0 Å². The van der Waals surface area contributed by atoms with Crippen LogP contribution in [0.3, 0.4) is 0 Å². The van der Waals surface area contributed by atoms with Crippen molar-refractivity contribution < 1.29 is 14.4 Å². The lowest BCUT2D eigenvalue weighted by Crippen LogP contribution is -2.38. The summed E-state index contributed by atoms with van der Waals surface area (Å²) in [4.78, 5) is 37.8. The molecule has 1 saturated heterocycles. The van der Waals surface area contributed by atoms with Crippen LogP contribution in [0.5, 0.6) is 0 Å². The standard InChI is InChI=1S/C21H23N3O3/c1-2-6-15-9-11-17(12-10-15)22-19(25)14-24-20(26)18(23-21(24)27)13-16-7-4-3-5-8-16/h3-5,7-12,18H,2,6,13-14H2,1H3,(H,22,25)(H,23,27). The van der Waals surface area contributed by atoms with E-state index in [0.29, 0.717) is 12.1 Å². The number of aryl methyl sites for hydroxylation is 1. The first-order valence-corrected chi connectivity index (χ1v) is 9.11. The minimum Gasteiger partial charge on any atom is -0.325 e. The Morgan fingerprint density at radius 3 is 2.41 bits per heavy atom. The molecule has 1 heterocycles. The van der Waals surface area contributed by atoms with Gasteiger partial charge >= 0.3 is 6.03 Å². The first kappa shape index (κ1) is 18.6. The van der Waals surface area contributed by atoms with Crippen LogP contribution in [0.15, 0.2) is 54.6 Å². The molecule has 1 unspecified atom stereocenters. The Bertz CT molecular complexity index is 818. The highest BCUT2D eigenvalue weighted by atomic mass is 16.2. The van der Waals surface area contributed by atoms with Crippen LogP contribution in [0.2, 0.25) is 0 Å². The fraction of sp³-hybridized carbons (Fsp3) is 0.286. The number of benzene rings is 2. The van der Waals surface area contributed by atoms with E-state index in [4.69, 9.17) is 0 Å². The number of amides is 4. The van der Waals surface area contributed by atoms with Gasteiger partial charge in [0.15, 0.2) is 0 Å². The number of urea groups is 1. The molecule has 1 aliphatic heterocycles. The second-order valence-corrected chi connectivity index (χ2v) is 6.61. The summed E-state index contributed by atoms with van der Waals surface area (Å²) in [7, 11) is 0. The third-order valence-corrected chi connectivity index (χ3v) is 4.47. The second kappa shape index (κ2) is 8.49. The lowest BCUT2D eigenvalue weighted by atomic mass is 10.1. The monoisotopic (exact) mass is 365 g/mol. The summed E-state index contributed by atoms with van der Waals surface area (Å²) in [6, 6.07) is 15.9. The predicted molar refractivity (Wildman–Crippen MR) is 103 cm³/mol. The van der Waals surface area contributed by atoms with Crippen LogP contribution in [-0.4, -0.2) is 35.3 Å². The number of carbonyl (C=O) groups is 3. The number of nitrogens with zero attached hydrogens (tertiary/aromatic N) is 1. The molecular formula is C21H23N3O3. The summed E-state index contributed by atoms with van der Waals surface area (Å²) in [5.41, 5.74) is 2.80. The quantitative estimate of drug-likeness (QED) is 0.741. The predicted octanol–water partition coefficient (Wildman–Crippen LogP) is 2.74. The van der Waals surface area contributed by atoms with Crippen LogP contribution in [0, 0.1) is 0 Å². The number of nitrogens with one attached hydrogen (secondary N) is 2. The molecule has 0 aliphatic carbocycles. The molecule has 0 aromatic heterocycles. The van der Waals surface area contributed by atoms with Crippen LogP contribution in [0.1, 0.15) is 24.5 Å². The van der Waals surface area contributed by atoms with Crippen molar-refractivity contribution in [2.45, 2.75) is 32.2 Å². The largest absolute Gasteiger partial charge is 0.325 e. The minimum absolute atomic E-state index is 0.299. The van der Waals surface area contributed by atoms with Crippen molar-refractivity contribution >= 4 is 23.5 Å². The minimum atomic E-state index is -0.638. The van der Waals surface area contributed by atoms with Gasteiger partial charge < -0.3 is 10.6 Å². The molecule has 2 aromatic rings. The fourth-order valence-corrected chi connectivity index (χ4v) is 3.10. The SMILES string of the molecule is CCCc1ccc(NC(=O)CN2C(=O)NC(Cc3ccccc3)C2=O)cc1. The van der Waals surface area contributed by atoms with E-state index in [-0.39, 0.29) is 12.5 Å². The molecule has 2 N–H and O–H groups in total. The van der Waals surface area contributed by atoms with E-state index in [1.54, 1.807) is 0 Å². The number of imide groups is 1. The summed E-state index contributed by atoms with van der Waals surface area (Å²) >= 11 is 0. The number of hydrogen-bond donors (Lipinski definition) is 2. The first-order chi connectivity index (χ1) is 13.1. The van der Waals surface area contributed by atoms with Gasteiger partial charge in [0.1, 0.15) is 12.6 Å². The van der Waals surface area contributed by atoms with Gasteiger partial charge in [-0.05, 0) is 29.7 Å². The molecule has 140 valence electrons. The maximum absolute atomic E-state index is 12.5. The van der Waals surface area contributed by atoms with E-state index in [1.165, 1.54) is 5.56 Å². The van der Waals surface area contributed by atoms with Gasteiger partial charge in [0, 0.05) is 12.1 Å². The van der Waals surface area contributed by atoms with Gasteiger partial charge in [-0.2, -0.15) is 0 Å². The average molecular weight is 365 g/mol. The summed E-state index contributed by atoms with van der Waals surface area (Å²) in [6.07, 6.45) is 2.45. The highest BCUT2D eigenvalue weighted by molar-refractivity contribution is 6.08. The Labute approximate surface area is 158 Å². The van der Waals surface area contributed by atoms with E-state index in [9.17, 15) is 14.4 Å². The van der Waals surface area contributed by atoms with Gasteiger partial charge in [0.05, 0.1) is 0 Å². The normalized spacial score (nSPS) is 16.3. The highest BCUT2D eigenvalue weighted by Gasteiger charge is 2.38. The van der Waals surface area contributed by atoms with Crippen molar-refractivity contribution in [1.29, 1.82) is 0 Å². The second-order valence-electron chi connectivity index (χ2n) is 6.61. The lowest BCUT2D eigenvalue weighted by molar-refractivity contribution is -0.130. The molecule has 1 aliphatic rings. The van der Waals surface area contributed by atoms with Crippen LogP contribution < -0.4 is 10.6 Å². The summed E-state index contributed by atoms with van der Waals surface area (Å²) in [5, 5.41) is 5.38. The molecule has 0 bridgehead atoms. The Morgan fingerprint density at radius 1 is 1.04 bits per heavy atom. The molecule has 6 nitrogen and oxygen atoms in total. The average Bonchev–Trinajstić information content (AvgIpc) is 2.92. The maximum Gasteiger partial charge on any atom is 0.325 e. The molecule has 6 heteroatoms. The number of rotatable bonds is 7. The highest BCUT2D eigenvalue weighted by Crippen LogP contribution is 2.14. The Balaban J connectivity index is 1.57. The van der Waals surface area contributed by atoms with Crippen LogP contribution >= 0.6 is 0 Å². The Morgan fingerprint density at radius 2 is 1.74 bits per heavy atom. The van der Waals surface area contributed by atoms with Gasteiger partial charge in [-0.1, -0.05) is 55.8 Å². The third kappa shape index (κ3) is 4.73. The van der Waals surface area contributed by atoms with Gasteiger partial charge in [-0.25, -0.2) is 4.79 Å². The van der Waals surface area contributed by atoms with E-state index in [1.807, 2.05) is 54.6 Å². The zero-order chi connectivity index (χ0) is 19.2. The number of carbonyl (C=O) groups excluding carboxylic acids is 3. The first-order valence-electron chi connectivity index (χ1n) is 9.11. The zero-order valence-corrected chi connectivity index (χ0v) is 15.3. The smallest absolute Gasteiger partial charge is 0.325 e. The summed E-state index contributed by atoms with van der Waals surface area (Å²) in [6.45, 7) is 1.81. The van der Waals surface area contributed by atoms with Gasteiger partial charge in [0.25, 0.3) is 5.91 Å². The van der Waals surface area contributed by atoms with Gasteiger partial charge in [0.2, 0.25) is 5.91 Å². The van der Waals surface area contributed by atoms with E-state index >= 15 is 0 Å². The maximum atomic E-state index is 12.5. The molecule has 27 heavy (non-hydrogen) atoms. The molecule has 1 atom stereocenters. The molecule has 0 radical (unpaired) electrons. The van der Waals surface area contributed by atoms with Crippen LogP contribution in [-0.2, 0) is 22.4 Å². The molecule has 0 spiro atoms. The topological polar surface area (TPSA) is 78.5 Å². The zero-order valence-electron chi connectivity index (χ0n) is 15.3. The molecule has 4 amide bonds. The van der Waals surface area contributed by atoms with Crippen molar-refractivity contribution in [3.63, 3.8) is 0 Å². The van der Waals surface area contributed by atoms with E-state index in [0.717, 1.165) is 23.3 Å². The Hall–Kier alpha value is -3.15. The molecule has 1 fully saturated rings. The third-order valence-electron chi connectivity index (χ3n) is 4.47. The van der Waals surface area contributed by atoms with Crippen molar-refractivity contribution in [3.8, 4) is 0 Å². The number of anilines is 1. The van der Waals surface area contributed by atoms with Crippen molar-refractivity contribution in [2.75, 3.05) is 11.9 Å². The Kier molecular flexibility index (Phi) is 5.86. The van der Waals surface area contributed by atoms with Gasteiger partial charge in [-0.3, -0.25) is 14.5 Å². The van der Waals surface area contributed by atoms with Gasteiger partial charge in [-0.15, -0.1) is 0 Å². The summed E-state index contributed by atoms with van der Waals surface area (Å²) < 4.78 is 0.